The van der Waals surface area contributed by atoms with E-state index in [1.165, 1.54) is 12.4 Å². The number of carbonyl (C=O) groups excluding carboxylic acids is 1. The maximum absolute atomic E-state index is 11.9. The summed E-state index contributed by atoms with van der Waals surface area (Å²) in [5.41, 5.74) is 0.828. The van der Waals surface area contributed by atoms with E-state index >= 15 is 0 Å². The number of hydrogen-bond donors (Lipinski definition) is 1. The molecule has 1 amide bonds. The third-order valence-corrected chi connectivity index (χ3v) is 2.86. The summed E-state index contributed by atoms with van der Waals surface area (Å²) in [6, 6.07) is 6.95. The van der Waals surface area contributed by atoms with Crippen molar-refractivity contribution in [2.24, 2.45) is 0 Å². The second kappa shape index (κ2) is 5.78. The highest BCUT2D eigenvalue weighted by molar-refractivity contribution is 9.10. The van der Waals surface area contributed by atoms with E-state index in [9.17, 15) is 4.79 Å². The van der Waals surface area contributed by atoms with Crippen molar-refractivity contribution in [3.05, 3.63) is 51.5 Å². The van der Waals surface area contributed by atoms with E-state index in [0.29, 0.717) is 11.3 Å². The first-order chi connectivity index (χ1) is 9.10. The van der Waals surface area contributed by atoms with Crippen LogP contribution in [0.4, 0.5) is 5.69 Å². The zero-order valence-electron chi connectivity index (χ0n) is 9.39. The van der Waals surface area contributed by atoms with E-state index < -0.39 is 5.91 Å². The van der Waals surface area contributed by atoms with Crippen molar-refractivity contribution >= 4 is 39.1 Å². The predicted molar refractivity (Wildman–Crippen MR) is 73.9 cm³/mol. The van der Waals surface area contributed by atoms with Gasteiger partial charge in [-0.2, -0.15) is 5.26 Å². The van der Waals surface area contributed by atoms with E-state index in [-0.39, 0.29) is 10.8 Å². The first-order valence-electron chi connectivity index (χ1n) is 5.08. The molecule has 0 aliphatic carbocycles. The standard InChI is InChI=1S/C12H6BrClN4O/c13-8-1-2-9(7(3-8)4-15)18-12(19)10-5-16-6-11(14)17-10/h1-3,5-6H,(H,18,19). The fourth-order valence-electron chi connectivity index (χ4n) is 1.36. The van der Waals surface area contributed by atoms with E-state index in [1.807, 2.05) is 6.07 Å². The highest BCUT2D eigenvalue weighted by atomic mass is 79.9. The van der Waals surface area contributed by atoms with Crippen LogP contribution >= 0.6 is 27.5 Å². The molecular formula is C12H6BrClN4O. The van der Waals surface area contributed by atoms with Crippen molar-refractivity contribution in [2.75, 3.05) is 5.32 Å². The Morgan fingerprint density at radius 2 is 2.21 bits per heavy atom. The van der Waals surface area contributed by atoms with Crippen LogP contribution < -0.4 is 5.32 Å². The Morgan fingerprint density at radius 1 is 1.42 bits per heavy atom. The van der Waals surface area contributed by atoms with Crippen molar-refractivity contribution in [1.82, 2.24) is 9.97 Å². The Kier molecular flexibility index (Phi) is 4.10. The van der Waals surface area contributed by atoms with Gasteiger partial charge in [-0.15, -0.1) is 0 Å². The lowest BCUT2D eigenvalue weighted by molar-refractivity contribution is 0.102. The molecule has 1 N–H and O–H groups in total. The number of amides is 1. The van der Waals surface area contributed by atoms with Crippen molar-refractivity contribution in [3.8, 4) is 6.07 Å². The lowest BCUT2D eigenvalue weighted by Gasteiger charge is -2.06. The van der Waals surface area contributed by atoms with Crippen molar-refractivity contribution in [2.45, 2.75) is 0 Å². The Hall–Kier alpha value is -1.97. The Morgan fingerprint density at radius 3 is 2.89 bits per heavy atom. The van der Waals surface area contributed by atoms with Gasteiger partial charge in [-0.3, -0.25) is 9.78 Å². The number of aromatic nitrogens is 2. The molecule has 7 heteroatoms. The third-order valence-electron chi connectivity index (χ3n) is 2.19. The van der Waals surface area contributed by atoms with Gasteiger partial charge < -0.3 is 5.32 Å². The molecule has 0 bridgehead atoms. The summed E-state index contributed by atoms with van der Waals surface area (Å²) in [4.78, 5) is 19.5. The van der Waals surface area contributed by atoms with Crippen LogP contribution in [0.3, 0.4) is 0 Å². The molecule has 0 radical (unpaired) electrons. The second-order valence-corrected chi connectivity index (χ2v) is 4.79. The highest BCUT2D eigenvalue weighted by Gasteiger charge is 2.11. The third kappa shape index (κ3) is 3.28. The summed E-state index contributed by atoms with van der Waals surface area (Å²) >= 11 is 8.91. The maximum Gasteiger partial charge on any atom is 0.275 e. The Bertz CT molecular complexity index is 684. The van der Waals surface area contributed by atoms with Gasteiger partial charge in [0.05, 0.1) is 23.6 Å². The van der Waals surface area contributed by atoms with Crippen LogP contribution in [-0.2, 0) is 0 Å². The smallest absolute Gasteiger partial charge is 0.275 e. The van der Waals surface area contributed by atoms with Crippen molar-refractivity contribution in [3.63, 3.8) is 0 Å². The number of anilines is 1. The summed E-state index contributed by atoms with van der Waals surface area (Å²) in [7, 11) is 0. The van der Waals surface area contributed by atoms with Gasteiger partial charge >= 0.3 is 0 Å². The summed E-state index contributed by atoms with van der Waals surface area (Å²) in [5, 5.41) is 11.7. The Balaban J connectivity index is 2.27. The fraction of sp³-hybridized carbons (Fsp3) is 0. The van der Waals surface area contributed by atoms with Crippen LogP contribution in [-0.4, -0.2) is 15.9 Å². The molecule has 1 aromatic carbocycles. The van der Waals surface area contributed by atoms with Gasteiger partial charge in [-0.05, 0) is 18.2 Å². The van der Waals surface area contributed by atoms with E-state index in [2.05, 4.69) is 31.2 Å². The lowest BCUT2D eigenvalue weighted by atomic mass is 10.2. The van der Waals surface area contributed by atoms with Crippen molar-refractivity contribution in [1.29, 1.82) is 5.26 Å². The average Bonchev–Trinajstić information content (AvgIpc) is 2.40. The van der Waals surface area contributed by atoms with Crippen LogP contribution in [0.5, 0.6) is 0 Å². The molecule has 0 atom stereocenters. The summed E-state index contributed by atoms with van der Waals surface area (Å²) in [6.45, 7) is 0. The number of nitriles is 1. The molecule has 0 unspecified atom stereocenters. The minimum absolute atomic E-state index is 0.0827. The monoisotopic (exact) mass is 336 g/mol. The Labute approximate surface area is 122 Å². The molecule has 5 nitrogen and oxygen atoms in total. The van der Waals surface area contributed by atoms with Crippen LogP contribution in [0.15, 0.2) is 35.1 Å². The SMILES string of the molecule is N#Cc1cc(Br)ccc1NC(=O)c1cncc(Cl)n1. The van der Waals surface area contributed by atoms with Crippen molar-refractivity contribution < 1.29 is 4.79 Å². The summed E-state index contributed by atoms with van der Waals surface area (Å²) < 4.78 is 0.754. The van der Waals surface area contributed by atoms with Crippen LogP contribution in [0.1, 0.15) is 16.1 Å². The molecule has 94 valence electrons. The molecule has 0 saturated carbocycles. The number of carbonyl (C=O) groups is 1. The molecule has 1 heterocycles. The van der Waals surface area contributed by atoms with Gasteiger partial charge in [0, 0.05) is 4.47 Å². The molecule has 0 fully saturated rings. The van der Waals surface area contributed by atoms with Crippen LogP contribution in [0.25, 0.3) is 0 Å². The highest BCUT2D eigenvalue weighted by Crippen LogP contribution is 2.20. The van der Waals surface area contributed by atoms with Gasteiger partial charge in [-0.25, -0.2) is 4.98 Å². The van der Waals surface area contributed by atoms with Gasteiger partial charge in [0.1, 0.15) is 16.9 Å². The van der Waals surface area contributed by atoms with Gasteiger partial charge in [0.25, 0.3) is 5.91 Å². The quantitative estimate of drug-likeness (QED) is 0.913. The van der Waals surface area contributed by atoms with E-state index in [1.54, 1.807) is 18.2 Å². The summed E-state index contributed by atoms with van der Waals surface area (Å²) in [5.74, 6) is -0.478. The molecule has 0 aliphatic heterocycles. The zero-order chi connectivity index (χ0) is 13.8. The van der Waals surface area contributed by atoms with E-state index in [4.69, 9.17) is 16.9 Å². The fourth-order valence-corrected chi connectivity index (χ4v) is 1.86. The minimum Gasteiger partial charge on any atom is -0.319 e. The number of hydrogen-bond acceptors (Lipinski definition) is 4. The molecule has 2 rings (SSSR count). The molecule has 0 saturated heterocycles. The summed E-state index contributed by atoms with van der Waals surface area (Å²) in [6.07, 6.45) is 2.63. The topological polar surface area (TPSA) is 78.7 Å². The lowest BCUT2D eigenvalue weighted by Crippen LogP contribution is -2.14. The average molecular weight is 338 g/mol. The predicted octanol–water partition coefficient (Wildman–Crippen LogP) is 3.02. The number of rotatable bonds is 2. The van der Waals surface area contributed by atoms with Crippen LogP contribution in [0.2, 0.25) is 5.15 Å². The van der Waals surface area contributed by atoms with Gasteiger partial charge in [-0.1, -0.05) is 27.5 Å². The van der Waals surface area contributed by atoms with Crippen LogP contribution in [0, 0.1) is 11.3 Å². The number of benzene rings is 1. The maximum atomic E-state index is 11.9. The van der Waals surface area contributed by atoms with Gasteiger partial charge in [0.2, 0.25) is 0 Å². The molecule has 19 heavy (non-hydrogen) atoms. The molecule has 0 aliphatic rings. The van der Waals surface area contributed by atoms with Gasteiger partial charge in [0.15, 0.2) is 0 Å². The first kappa shape index (κ1) is 13.5. The molecular weight excluding hydrogens is 332 g/mol. The first-order valence-corrected chi connectivity index (χ1v) is 6.26. The largest absolute Gasteiger partial charge is 0.319 e. The minimum atomic E-state index is -0.478. The zero-order valence-corrected chi connectivity index (χ0v) is 11.7. The number of nitrogens with one attached hydrogen (secondary N) is 1. The molecule has 2 aromatic rings. The normalized spacial score (nSPS) is 9.74. The number of nitrogens with zero attached hydrogens (tertiary/aromatic N) is 3. The molecule has 0 spiro atoms. The van der Waals surface area contributed by atoms with E-state index in [0.717, 1.165) is 4.47 Å². The molecule has 1 aromatic heterocycles. The number of halogens is 2. The second-order valence-electron chi connectivity index (χ2n) is 3.48.